The number of hydrogen-bond donors (Lipinski definition) is 1. The molecule has 5 nitrogen and oxygen atoms in total. The van der Waals surface area contributed by atoms with E-state index in [0.717, 1.165) is 23.4 Å². The first kappa shape index (κ1) is 16.7. The number of carbonyl (C=O) groups excluding carboxylic acids is 1. The Hall–Kier alpha value is -1.40. The monoisotopic (exact) mass is 298 g/mol. The molecule has 0 bridgehead atoms. The van der Waals surface area contributed by atoms with Crippen molar-refractivity contribution in [1.29, 1.82) is 0 Å². The van der Waals surface area contributed by atoms with Crippen molar-refractivity contribution in [2.45, 2.75) is 25.8 Å². The highest BCUT2D eigenvalue weighted by molar-refractivity contribution is 7.88. The molecule has 0 aliphatic rings. The zero-order chi connectivity index (χ0) is 15.2. The quantitative estimate of drug-likeness (QED) is 0.776. The molecule has 0 spiro atoms. The molecule has 0 saturated heterocycles. The summed E-state index contributed by atoms with van der Waals surface area (Å²) in [4.78, 5) is 12.3. The minimum atomic E-state index is -3.45. The van der Waals surface area contributed by atoms with Crippen LogP contribution in [0.2, 0.25) is 0 Å². The van der Waals surface area contributed by atoms with Crippen LogP contribution in [0.15, 0.2) is 30.3 Å². The maximum atomic E-state index is 12.3. The second kappa shape index (κ2) is 7.40. The number of unbranched alkanes of at least 4 members (excludes halogenated alkanes) is 1. The fourth-order valence-electron chi connectivity index (χ4n) is 1.84. The van der Waals surface area contributed by atoms with Crippen LogP contribution in [0.5, 0.6) is 0 Å². The third-order valence-electron chi connectivity index (χ3n) is 3.08. The Morgan fingerprint density at radius 1 is 1.30 bits per heavy atom. The van der Waals surface area contributed by atoms with E-state index >= 15 is 0 Å². The van der Waals surface area contributed by atoms with Crippen molar-refractivity contribution in [2.24, 2.45) is 0 Å². The van der Waals surface area contributed by atoms with Gasteiger partial charge in [0, 0.05) is 13.6 Å². The van der Waals surface area contributed by atoms with E-state index < -0.39 is 16.1 Å². The Morgan fingerprint density at radius 3 is 2.40 bits per heavy atom. The van der Waals surface area contributed by atoms with Gasteiger partial charge in [-0.05, 0) is 12.0 Å². The first-order valence-corrected chi connectivity index (χ1v) is 8.48. The summed E-state index contributed by atoms with van der Waals surface area (Å²) in [6, 6.07) is 8.09. The number of likely N-dealkylation sites (N-methyl/N-ethyl adjacent to an activating group) is 1. The maximum absolute atomic E-state index is 12.3. The molecule has 6 heteroatoms. The Kier molecular flexibility index (Phi) is 6.16. The van der Waals surface area contributed by atoms with E-state index in [0.29, 0.717) is 12.1 Å². The number of nitrogens with zero attached hydrogens (tertiary/aromatic N) is 1. The fourth-order valence-corrected chi connectivity index (χ4v) is 2.44. The van der Waals surface area contributed by atoms with Crippen molar-refractivity contribution >= 4 is 15.9 Å². The summed E-state index contributed by atoms with van der Waals surface area (Å²) in [6.45, 7) is 2.58. The zero-order valence-electron chi connectivity index (χ0n) is 12.2. The normalized spacial score (nSPS) is 13.2. The smallest absolute Gasteiger partial charge is 0.242 e. The Labute approximate surface area is 121 Å². The molecular formula is C14H22N2O3S. The summed E-state index contributed by atoms with van der Waals surface area (Å²) in [5.41, 5.74) is 0.662. The second-order valence-electron chi connectivity index (χ2n) is 4.74. The van der Waals surface area contributed by atoms with Crippen LogP contribution in [0.3, 0.4) is 0 Å². The van der Waals surface area contributed by atoms with Crippen molar-refractivity contribution in [2.75, 3.05) is 19.8 Å². The first-order valence-electron chi connectivity index (χ1n) is 6.63. The number of hydrogen-bond acceptors (Lipinski definition) is 3. The lowest BCUT2D eigenvalue weighted by Crippen LogP contribution is -2.41. The van der Waals surface area contributed by atoms with Crippen molar-refractivity contribution in [3.63, 3.8) is 0 Å². The number of carbonyl (C=O) groups is 1. The lowest BCUT2D eigenvalue weighted by Gasteiger charge is -2.25. The van der Waals surface area contributed by atoms with Crippen LogP contribution in [0, 0.1) is 0 Å². The summed E-state index contributed by atoms with van der Waals surface area (Å²) in [5, 5.41) is 2.79. The highest BCUT2D eigenvalue weighted by Crippen LogP contribution is 2.21. The molecule has 1 atom stereocenters. The van der Waals surface area contributed by atoms with Crippen LogP contribution >= 0.6 is 0 Å². The van der Waals surface area contributed by atoms with E-state index in [2.05, 4.69) is 5.32 Å². The van der Waals surface area contributed by atoms with Crippen LogP contribution in [0.25, 0.3) is 0 Å². The van der Waals surface area contributed by atoms with Crippen molar-refractivity contribution < 1.29 is 13.2 Å². The first-order chi connectivity index (χ1) is 9.38. The molecule has 1 aromatic rings. The largest absolute Gasteiger partial charge is 0.354 e. The van der Waals surface area contributed by atoms with Gasteiger partial charge < -0.3 is 5.32 Å². The van der Waals surface area contributed by atoms with Crippen LogP contribution in [-0.4, -0.2) is 38.5 Å². The number of benzene rings is 1. The van der Waals surface area contributed by atoms with Crippen molar-refractivity contribution in [3.05, 3.63) is 35.9 Å². The standard InChI is InChI=1S/C14H22N2O3S/c1-4-5-11-15-14(17)13(16(2)20(3,18)19)12-9-7-6-8-10-12/h6-10,13H,4-5,11H2,1-3H3,(H,15,17). The summed E-state index contributed by atoms with van der Waals surface area (Å²) in [6.07, 6.45) is 2.94. The molecule has 1 rings (SSSR count). The van der Waals surface area contributed by atoms with E-state index in [9.17, 15) is 13.2 Å². The maximum Gasteiger partial charge on any atom is 0.242 e. The predicted molar refractivity (Wildman–Crippen MR) is 79.7 cm³/mol. The fraction of sp³-hybridized carbons (Fsp3) is 0.500. The molecule has 1 N–H and O–H groups in total. The van der Waals surface area contributed by atoms with Crippen LogP contribution in [-0.2, 0) is 14.8 Å². The van der Waals surface area contributed by atoms with Gasteiger partial charge in [0.15, 0.2) is 0 Å². The molecule has 1 unspecified atom stereocenters. The molecule has 1 aromatic carbocycles. The minimum absolute atomic E-state index is 0.294. The van der Waals surface area contributed by atoms with Gasteiger partial charge in [-0.2, -0.15) is 4.31 Å². The van der Waals surface area contributed by atoms with Gasteiger partial charge in [0.1, 0.15) is 6.04 Å². The van der Waals surface area contributed by atoms with Gasteiger partial charge in [0.2, 0.25) is 15.9 Å². The number of rotatable bonds is 7. The SMILES string of the molecule is CCCCNC(=O)C(c1ccccc1)N(C)S(C)(=O)=O. The van der Waals surface area contributed by atoms with E-state index in [-0.39, 0.29) is 5.91 Å². The minimum Gasteiger partial charge on any atom is -0.354 e. The van der Waals surface area contributed by atoms with Crippen LogP contribution < -0.4 is 5.32 Å². The molecular weight excluding hydrogens is 276 g/mol. The third kappa shape index (κ3) is 4.61. The number of sulfonamides is 1. The van der Waals surface area contributed by atoms with Gasteiger partial charge in [0.05, 0.1) is 6.26 Å². The van der Waals surface area contributed by atoms with Gasteiger partial charge in [-0.25, -0.2) is 8.42 Å². The Morgan fingerprint density at radius 2 is 1.90 bits per heavy atom. The lowest BCUT2D eigenvalue weighted by atomic mass is 10.1. The van der Waals surface area contributed by atoms with E-state index in [4.69, 9.17) is 0 Å². The topological polar surface area (TPSA) is 66.5 Å². The highest BCUT2D eigenvalue weighted by atomic mass is 32.2. The number of nitrogens with one attached hydrogen (secondary N) is 1. The number of amides is 1. The molecule has 0 saturated carbocycles. The predicted octanol–water partition coefficient (Wildman–Crippen LogP) is 1.54. The summed E-state index contributed by atoms with van der Waals surface area (Å²) in [7, 11) is -2.03. The van der Waals surface area contributed by atoms with Gasteiger partial charge in [-0.15, -0.1) is 0 Å². The van der Waals surface area contributed by atoms with Crippen molar-refractivity contribution in [1.82, 2.24) is 9.62 Å². The van der Waals surface area contributed by atoms with Gasteiger partial charge in [-0.1, -0.05) is 43.7 Å². The van der Waals surface area contributed by atoms with Crippen LogP contribution in [0.1, 0.15) is 31.4 Å². The molecule has 0 radical (unpaired) electrons. The summed E-state index contributed by atoms with van der Waals surface area (Å²) < 4.78 is 24.6. The summed E-state index contributed by atoms with van der Waals surface area (Å²) in [5.74, 6) is -0.294. The third-order valence-corrected chi connectivity index (χ3v) is 4.34. The van der Waals surface area contributed by atoms with Gasteiger partial charge in [0.25, 0.3) is 0 Å². The average molecular weight is 298 g/mol. The van der Waals surface area contributed by atoms with Gasteiger partial charge in [-0.3, -0.25) is 4.79 Å². The molecule has 20 heavy (non-hydrogen) atoms. The molecule has 0 heterocycles. The molecule has 1 amide bonds. The van der Waals surface area contributed by atoms with Gasteiger partial charge >= 0.3 is 0 Å². The molecule has 0 aliphatic carbocycles. The van der Waals surface area contributed by atoms with E-state index in [1.165, 1.54) is 7.05 Å². The Bertz CT molecular complexity index is 529. The molecule has 112 valence electrons. The average Bonchev–Trinajstić information content (AvgIpc) is 2.39. The zero-order valence-corrected chi connectivity index (χ0v) is 13.0. The second-order valence-corrected chi connectivity index (χ2v) is 6.78. The Balaban J connectivity index is 2.99. The molecule has 0 aromatic heterocycles. The van der Waals surface area contributed by atoms with E-state index in [1.54, 1.807) is 24.3 Å². The van der Waals surface area contributed by atoms with Crippen molar-refractivity contribution in [3.8, 4) is 0 Å². The lowest BCUT2D eigenvalue weighted by molar-refractivity contribution is -0.124. The van der Waals surface area contributed by atoms with E-state index in [1.807, 2.05) is 13.0 Å². The van der Waals surface area contributed by atoms with Crippen LogP contribution in [0.4, 0.5) is 0 Å². The summed E-state index contributed by atoms with van der Waals surface area (Å²) >= 11 is 0. The molecule has 0 aliphatic heterocycles. The molecule has 0 fully saturated rings. The highest BCUT2D eigenvalue weighted by Gasteiger charge is 2.30.